The minimum absolute atomic E-state index is 0.311. The van der Waals surface area contributed by atoms with Gasteiger partial charge in [0.2, 0.25) is 0 Å². The highest BCUT2D eigenvalue weighted by Gasteiger charge is 1.95. The van der Waals surface area contributed by atoms with Crippen LogP contribution in [0.2, 0.25) is 0 Å². The molecule has 0 bridgehead atoms. The van der Waals surface area contributed by atoms with Crippen molar-refractivity contribution in [1.82, 2.24) is 0 Å². The fourth-order valence-corrected chi connectivity index (χ4v) is 1.55. The second-order valence-electron chi connectivity index (χ2n) is 4.13. The van der Waals surface area contributed by atoms with Crippen LogP contribution in [0.4, 0.5) is 0 Å². The molecule has 0 aromatic rings. The molecule has 0 heteroatoms. The van der Waals surface area contributed by atoms with Gasteiger partial charge in [0.15, 0.2) is 0 Å². The Balaban J connectivity index is 2.50. The second kappa shape index (κ2) is 6.90. The average Bonchev–Trinajstić information content (AvgIpc) is 2.77. The first-order chi connectivity index (χ1) is 7.74. The van der Waals surface area contributed by atoms with Crippen molar-refractivity contribution in [2.75, 3.05) is 0 Å². The SMILES string of the molecule is CCC/C(C)=C(C)\C=C\C#CC1C=CC=C1. The van der Waals surface area contributed by atoms with E-state index in [0.717, 1.165) is 0 Å². The van der Waals surface area contributed by atoms with Crippen molar-refractivity contribution in [2.24, 2.45) is 5.92 Å². The summed E-state index contributed by atoms with van der Waals surface area (Å²) in [5.74, 6) is 6.57. The van der Waals surface area contributed by atoms with Crippen molar-refractivity contribution in [2.45, 2.75) is 33.6 Å². The molecule has 0 amide bonds. The first-order valence-corrected chi connectivity index (χ1v) is 5.93. The number of rotatable bonds is 3. The molecule has 0 saturated carbocycles. The molecular weight excluding hydrogens is 192 g/mol. The molecule has 0 fully saturated rings. The van der Waals surface area contributed by atoms with E-state index < -0.39 is 0 Å². The lowest BCUT2D eigenvalue weighted by atomic mass is 10.1. The van der Waals surface area contributed by atoms with Crippen molar-refractivity contribution in [3.05, 3.63) is 47.6 Å². The van der Waals surface area contributed by atoms with E-state index in [1.807, 2.05) is 18.2 Å². The Labute approximate surface area is 99.4 Å². The van der Waals surface area contributed by atoms with Crippen molar-refractivity contribution >= 4 is 0 Å². The first kappa shape index (κ1) is 12.6. The highest BCUT2D eigenvalue weighted by molar-refractivity contribution is 5.33. The largest absolute Gasteiger partial charge is 0.0867 e. The molecule has 1 aliphatic carbocycles. The Kier molecular flexibility index (Phi) is 5.43. The van der Waals surface area contributed by atoms with Gasteiger partial charge in [0.05, 0.1) is 5.92 Å². The smallest absolute Gasteiger partial charge is 0.0573 e. The zero-order chi connectivity index (χ0) is 11.8. The molecule has 0 aromatic carbocycles. The average molecular weight is 212 g/mol. The van der Waals surface area contributed by atoms with Crippen molar-refractivity contribution in [1.29, 1.82) is 0 Å². The Hall–Kier alpha value is -1.48. The Morgan fingerprint density at radius 1 is 1.25 bits per heavy atom. The van der Waals surface area contributed by atoms with Gasteiger partial charge in [-0.05, 0) is 26.3 Å². The van der Waals surface area contributed by atoms with Gasteiger partial charge in [-0.15, -0.1) is 0 Å². The van der Waals surface area contributed by atoms with Crippen LogP contribution < -0.4 is 0 Å². The van der Waals surface area contributed by atoms with E-state index in [1.54, 1.807) is 0 Å². The Bertz CT molecular complexity index is 379. The zero-order valence-electron chi connectivity index (χ0n) is 10.5. The van der Waals surface area contributed by atoms with Crippen LogP contribution >= 0.6 is 0 Å². The molecule has 0 aromatic heterocycles. The topological polar surface area (TPSA) is 0 Å². The lowest BCUT2D eigenvalue weighted by molar-refractivity contribution is 0.895. The lowest BCUT2D eigenvalue weighted by Crippen LogP contribution is -1.81. The fourth-order valence-electron chi connectivity index (χ4n) is 1.55. The number of allylic oxidation sites excluding steroid dienone is 8. The molecule has 1 rings (SSSR count). The van der Waals surface area contributed by atoms with Gasteiger partial charge in [0.25, 0.3) is 0 Å². The molecule has 0 unspecified atom stereocenters. The third kappa shape index (κ3) is 4.36. The van der Waals surface area contributed by atoms with Gasteiger partial charge in [-0.25, -0.2) is 0 Å². The predicted molar refractivity (Wildman–Crippen MR) is 72.0 cm³/mol. The van der Waals surface area contributed by atoms with Crippen LogP contribution in [0.15, 0.2) is 47.6 Å². The minimum Gasteiger partial charge on any atom is -0.0867 e. The summed E-state index contributed by atoms with van der Waals surface area (Å²) in [4.78, 5) is 0. The Morgan fingerprint density at radius 3 is 2.56 bits per heavy atom. The van der Waals surface area contributed by atoms with Crippen LogP contribution in [0, 0.1) is 17.8 Å². The maximum Gasteiger partial charge on any atom is 0.0573 e. The molecular formula is C16H20. The minimum atomic E-state index is 0.311. The number of hydrogen-bond acceptors (Lipinski definition) is 0. The molecule has 16 heavy (non-hydrogen) atoms. The summed E-state index contributed by atoms with van der Waals surface area (Å²) < 4.78 is 0. The summed E-state index contributed by atoms with van der Waals surface area (Å²) in [6.45, 7) is 6.55. The molecule has 0 nitrogen and oxygen atoms in total. The van der Waals surface area contributed by atoms with Crippen molar-refractivity contribution in [3.8, 4) is 11.8 Å². The Morgan fingerprint density at radius 2 is 1.94 bits per heavy atom. The normalized spacial score (nSPS) is 16.4. The van der Waals surface area contributed by atoms with Gasteiger partial charge in [0.1, 0.15) is 0 Å². The van der Waals surface area contributed by atoms with Crippen molar-refractivity contribution in [3.63, 3.8) is 0 Å². The maximum absolute atomic E-state index is 3.17. The summed E-state index contributed by atoms with van der Waals surface area (Å²) in [6, 6.07) is 0. The van der Waals surface area contributed by atoms with Crippen LogP contribution in [0.3, 0.4) is 0 Å². The van der Waals surface area contributed by atoms with Gasteiger partial charge >= 0.3 is 0 Å². The molecule has 0 N–H and O–H groups in total. The summed E-state index contributed by atoms with van der Waals surface area (Å²) in [5.41, 5.74) is 2.80. The molecule has 0 saturated heterocycles. The highest BCUT2D eigenvalue weighted by atomic mass is 14.0. The van der Waals surface area contributed by atoms with Gasteiger partial charge < -0.3 is 0 Å². The van der Waals surface area contributed by atoms with Gasteiger partial charge in [-0.2, -0.15) is 0 Å². The van der Waals surface area contributed by atoms with Crippen molar-refractivity contribution < 1.29 is 0 Å². The monoisotopic (exact) mass is 212 g/mol. The fraction of sp³-hybridized carbons (Fsp3) is 0.375. The summed E-state index contributed by atoms with van der Waals surface area (Å²) in [5, 5.41) is 0. The second-order valence-corrected chi connectivity index (χ2v) is 4.13. The first-order valence-electron chi connectivity index (χ1n) is 5.93. The van der Waals surface area contributed by atoms with E-state index >= 15 is 0 Å². The van der Waals surface area contributed by atoms with E-state index in [9.17, 15) is 0 Å². The van der Waals surface area contributed by atoms with Crippen LogP contribution in [-0.4, -0.2) is 0 Å². The van der Waals surface area contributed by atoms with Crippen LogP contribution in [0.5, 0.6) is 0 Å². The summed E-state index contributed by atoms with van der Waals surface area (Å²) in [7, 11) is 0. The zero-order valence-corrected chi connectivity index (χ0v) is 10.5. The molecule has 84 valence electrons. The highest BCUT2D eigenvalue weighted by Crippen LogP contribution is 2.11. The lowest BCUT2D eigenvalue weighted by Gasteiger charge is -2.00. The quantitative estimate of drug-likeness (QED) is 0.479. The molecule has 0 atom stereocenters. The number of hydrogen-bond donors (Lipinski definition) is 0. The van der Waals surface area contributed by atoms with Gasteiger partial charge in [-0.3, -0.25) is 0 Å². The van der Waals surface area contributed by atoms with E-state index in [1.165, 1.54) is 24.0 Å². The summed E-state index contributed by atoms with van der Waals surface area (Å²) in [6.07, 6.45) is 14.7. The van der Waals surface area contributed by atoms with Gasteiger partial charge in [-0.1, -0.05) is 66.7 Å². The third-order valence-electron chi connectivity index (χ3n) is 2.71. The molecule has 1 aliphatic rings. The molecule has 0 heterocycles. The van der Waals surface area contributed by atoms with Crippen LogP contribution in [0.1, 0.15) is 33.6 Å². The molecule has 0 aliphatic heterocycles. The summed E-state index contributed by atoms with van der Waals surface area (Å²) >= 11 is 0. The predicted octanol–water partition coefficient (Wildman–Crippen LogP) is 4.42. The maximum atomic E-state index is 3.17. The van der Waals surface area contributed by atoms with Crippen LogP contribution in [0.25, 0.3) is 0 Å². The van der Waals surface area contributed by atoms with Crippen LogP contribution in [-0.2, 0) is 0 Å². The van der Waals surface area contributed by atoms with E-state index in [0.29, 0.717) is 5.92 Å². The third-order valence-corrected chi connectivity index (χ3v) is 2.71. The standard InChI is InChI=1S/C16H20/c1-4-9-14(2)15(3)10-5-6-11-16-12-7-8-13-16/h5,7-8,10,12-13,16H,4,9H2,1-3H3/b10-5+,15-14-. The van der Waals surface area contributed by atoms with E-state index in [2.05, 4.69) is 50.8 Å². The van der Waals surface area contributed by atoms with Gasteiger partial charge in [0, 0.05) is 0 Å². The van der Waals surface area contributed by atoms with E-state index in [-0.39, 0.29) is 0 Å². The molecule has 0 radical (unpaired) electrons. The molecule has 0 spiro atoms. The van der Waals surface area contributed by atoms with E-state index in [4.69, 9.17) is 0 Å².